The van der Waals surface area contributed by atoms with Crippen LogP contribution < -0.4 is 5.32 Å². The molecule has 2 heterocycles. The Morgan fingerprint density at radius 2 is 2.41 bits per heavy atom. The van der Waals surface area contributed by atoms with E-state index >= 15 is 0 Å². The van der Waals surface area contributed by atoms with Crippen LogP contribution in [0.15, 0.2) is 6.20 Å². The molecule has 8 heteroatoms. The highest BCUT2D eigenvalue weighted by Gasteiger charge is 2.27. The second kappa shape index (κ2) is 4.61. The van der Waals surface area contributed by atoms with E-state index < -0.39 is 15.8 Å². The second-order valence-corrected chi connectivity index (χ2v) is 7.24. The molecule has 1 unspecified atom stereocenters. The summed E-state index contributed by atoms with van der Waals surface area (Å²) in [5, 5.41) is 12.2. The van der Waals surface area contributed by atoms with Gasteiger partial charge in [0.05, 0.1) is 17.7 Å². The molecule has 94 valence electrons. The Labute approximate surface area is 103 Å². The highest BCUT2D eigenvalue weighted by Crippen LogP contribution is 2.21. The van der Waals surface area contributed by atoms with E-state index in [4.69, 9.17) is 5.11 Å². The number of carboxylic acids is 1. The van der Waals surface area contributed by atoms with Crippen molar-refractivity contribution in [3.8, 4) is 0 Å². The molecule has 2 N–H and O–H groups in total. The molecule has 17 heavy (non-hydrogen) atoms. The molecule has 2 rings (SSSR count). The Kier molecular flexibility index (Phi) is 3.34. The monoisotopic (exact) mass is 276 g/mol. The molecule has 0 bridgehead atoms. The van der Waals surface area contributed by atoms with E-state index in [0.717, 1.165) is 11.3 Å². The summed E-state index contributed by atoms with van der Waals surface area (Å²) >= 11 is 1.05. The minimum absolute atomic E-state index is 0.0946. The number of carboxylic acid groups (broad SMARTS) is 1. The summed E-state index contributed by atoms with van der Waals surface area (Å²) in [6.07, 6.45) is 1.95. The molecule has 1 aliphatic rings. The minimum Gasteiger partial charge on any atom is -0.477 e. The first-order valence-corrected chi connectivity index (χ1v) is 7.73. The van der Waals surface area contributed by atoms with Gasteiger partial charge in [0.25, 0.3) is 0 Å². The van der Waals surface area contributed by atoms with Gasteiger partial charge in [0.1, 0.15) is 4.88 Å². The van der Waals surface area contributed by atoms with Crippen LogP contribution in [-0.4, -0.2) is 42.5 Å². The van der Waals surface area contributed by atoms with Crippen LogP contribution in [0, 0.1) is 5.92 Å². The van der Waals surface area contributed by atoms with Gasteiger partial charge in [0.15, 0.2) is 15.0 Å². The van der Waals surface area contributed by atoms with Crippen molar-refractivity contribution in [1.82, 2.24) is 4.98 Å². The van der Waals surface area contributed by atoms with Crippen LogP contribution >= 0.6 is 11.3 Å². The average molecular weight is 276 g/mol. The predicted octanol–water partition coefficient (Wildman–Crippen LogP) is 0.688. The first kappa shape index (κ1) is 12.3. The average Bonchev–Trinajstić information content (AvgIpc) is 2.81. The van der Waals surface area contributed by atoms with Crippen molar-refractivity contribution in [1.29, 1.82) is 0 Å². The third kappa shape index (κ3) is 3.16. The van der Waals surface area contributed by atoms with Crippen LogP contribution in [-0.2, 0) is 9.84 Å². The second-order valence-electron chi connectivity index (χ2n) is 3.98. The first-order chi connectivity index (χ1) is 7.96. The Balaban J connectivity index is 1.88. The zero-order valence-electron chi connectivity index (χ0n) is 8.92. The zero-order chi connectivity index (χ0) is 12.5. The van der Waals surface area contributed by atoms with Gasteiger partial charge < -0.3 is 10.4 Å². The van der Waals surface area contributed by atoms with E-state index in [2.05, 4.69) is 10.3 Å². The first-order valence-electron chi connectivity index (χ1n) is 5.10. The van der Waals surface area contributed by atoms with Crippen molar-refractivity contribution in [2.45, 2.75) is 6.42 Å². The fourth-order valence-electron chi connectivity index (χ4n) is 1.72. The highest BCUT2D eigenvalue weighted by molar-refractivity contribution is 7.91. The number of hydrogen-bond donors (Lipinski definition) is 2. The Bertz CT molecular complexity index is 523. The number of rotatable bonds is 4. The van der Waals surface area contributed by atoms with Crippen LogP contribution in [0.2, 0.25) is 0 Å². The van der Waals surface area contributed by atoms with E-state index in [9.17, 15) is 13.2 Å². The van der Waals surface area contributed by atoms with Crippen molar-refractivity contribution >= 4 is 32.3 Å². The maximum Gasteiger partial charge on any atom is 0.347 e. The van der Waals surface area contributed by atoms with E-state index in [0.29, 0.717) is 18.1 Å². The fourth-order valence-corrected chi connectivity index (χ4v) is 4.24. The molecule has 1 atom stereocenters. The van der Waals surface area contributed by atoms with Gasteiger partial charge in [0.2, 0.25) is 0 Å². The van der Waals surface area contributed by atoms with Crippen LogP contribution in [0.5, 0.6) is 0 Å². The number of carbonyl (C=O) groups is 1. The van der Waals surface area contributed by atoms with Gasteiger partial charge in [-0.05, 0) is 12.3 Å². The molecule has 1 aromatic heterocycles. The number of aromatic carboxylic acids is 1. The van der Waals surface area contributed by atoms with E-state index in [1.807, 2.05) is 0 Å². The maximum absolute atomic E-state index is 11.2. The highest BCUT2D eigenvalue weighted by atomic mass is 32.2. The molecule has 6 nitrogen and oxygen atoms in total. The largest absolute Gasteiger partial charge is 0.477 e. The van der Waals surface area contributed by atoms with E-state index in [1.165, 1.54) is 6.20 Å². The molecule has 0 radical (unpaired) electrons. The lowest BCUT2D eigenvalue weighted by Crippen LogP contribution is -2.15. The van der Waals surface area contributed by atoms with E-state index in [-0.39, 0.29) is 22.3 Å². The Hall–Kier alpha value is -1.15. The summed E-state index contributed by atoms with van der Waals surface area (Å²) in [6, 6.07) is 0. The number of thiazole rings is 1. The number of nitrogens with zero attached hydrogens (tertiary/aromatic N) is 1. The topological polar surface area (TPSA) is 96.4 Å². The van der Waals surface area contributed by atoms with Gasteiger partial charge in [-0.15, -0.1) is 0 Å². The molecule has 1 fully saturated rings. The van der Waals surface area contributed by atoms with Crippen LogP contribution in [0.3, 0.4) is 0 Å². The van der Waals surface area contributed by atoms with Crippen molar-refractivity contribution < 1.29 is 18.3 Å². The molecule has 1 aromatic rings. The van der Waals surface area contributed by atoms with E-state index in [1.54, 1.807) is 0 Å². The quantitative estimate of drug-likeness (QED) is 0.839. The third-order valence-electron chi connectivity index (χ3n) is 2.59. The van der Waals surface area contributed by atoms with Crippen LogP contribution in [0.4, 0.5) is 5.13 Å². The standard InChI is InChI=1S/C9H12N2O4S2/c12-8(13)7-4-11-9(16-7)10-3-6-1-2-17(14,15)5-6/h4,6H,1-3,5H2,(H,10,11)(H,12,13). The summed E-state index contributed by atoms with van der Waals surface area (Å²) in [7, 11) is -2.86. The van der Waals surface area contributed by atoms with Gasteiger partial charge >= 0.3 is 5.97 Å². The summed E-state index contributed by atoms with van der Waals surface area (Å²) < 4.78 is 22.5. The smallest absolute Gasteiger partial charge is 0.347 e. The van der Waals surface area contributed by atoms with Gasteiger partial charge in [-0.3, -0.25) is 0 Å². The number of nitrogens with one attached hydrogen (secondary N) is 1. The fraction of sp³-hybridized carbons (Fsp3) is 0.556. The molecule has 0 spiro atoms. The molecule has 0 aromatic carbocycles. The summed E-state index contributed by atoms with van der Waals surface area (Å²) in [6.45, 7) is 0.520. The zero-order valence-corrected chi connectivity index (χ0v) is 10.6. The number of aromatic nitrogens is 1. The lowest BCUT2D eigenvalue weighted by molar-refractivity contribution is 0.0702. The molecular weight excluding hydrogens is 264 g/mol. The van der Waals surface area contributed by atoms with Crippen molar-refractivity contribution in [2.24, 2.45) is 5.92 Å². The lowest BCUT2D eigenvalue weighted by atomic mass is 10.1. The number of sulfone groups is 1. The van der Waals surface area contributed by atoms with Crippen molar-refractivity contribution in [3.05, 3.63) is 11.1 Å². The molecule has 0 amide bonds. The summed E-state index contributed by atoms with van der Waals surface area (Å²) in [5.41, 5.74) is 0. The van der Waals surface area contributed by atoms with Gasteiger partial charge in [-0.25, -0.2) is 18.2 Å². The number of hydrogen-bond acceptors (Lipinski definition) is 6. The van der Waals surface area contributed by atoms with Gasteiger partial charge in [-0.1, -0.05) is 11.3 Å². The summed E-state index contributed by atoms with van der Waals surface area (Å²) in [4.78, 5) is 14.7. The molecule has 0 saturated carbocycles. The molecular formula is C9H12N2O4S2. The Morgan fingerprint density at radius 1 is 1.65 bits per heavy atom. The van der Waals surface area contributed by atoms with Crippen LogP contribution in [0.1, 0.15) is 16.1 Å². The minimum atomic E-state index is -2.86. The normalized spacial score (nSPS) is 22.5. The Morgan fingerprint density at radius 3 is 2.94 bits per heavy atom. The number of anilines is 1. The summed E-state index contributed by atoms with van der Waals surface area (Å²) in [5.74, 6) is -0.453. The van der Waals surface area contributed by atoms with Crippen molar-refractivity contribution in [3.63, 3.8) is 0 Å². The molecule has 0 aliphatic carbocycles. The maximum atomic E-state index is 11.2. The van der Waals surface area contributed by atoms with Crippen molar-refractivity contribution in [2.75, 3.05) is 23.4 Å². The SMILES string of the molecule is O=C(O)c1cnc(NCC2CCS(=O)(=O)C2)s1. The third-order valence-corrected chi connectivity index (χ3v) is 5.37. The van der Waals surface area contributed by atoms with Gasteiger partial charge in [0, 0.05) is 6.54 Å². The predicted molar refractivity (Wildman–Crippen MR) is 64.3 cm³/mol. The lowest BCUT2D eigenvalue weighted by Gasteiger charge is -2.07. The van der Waals surface area contributed by atoms with Gasteiger partial charge in [-0.2, -0.15) is 0 Å². The molecule has 1 saturated heterocycles. The van der Waals surface area contributed by atoms with Crippen LogP contribution in [0.25, 0.3) is 0 Å². The molecule has 1 aliphatic heterocycles.